The summed E-state index contributed by atoms with van der Waals surface area (Å²) in [4.78, 5) is 15.2. The molecule has 0 aliphatic carbocycles. The zero-order chi connectivity index (χ0) is 11.3. The molecule has 0 fully saturated rings. The normalized spacial score (nSPS) is 9.80. The third-order valence-electron chi connectivity index (χ3n) is 1.73. The highest BCUT2D eigenvalue weighted by Gasteiger charge is 2.08. The molecule has 0 aliphatic heterocycles. The van der Waals surface area contributed by atoms with Crippen molar-refractivity contribution >= 4 is 17.6 Å². The topological polar surface area (TPSA) is 48.4 Å². The van der Waals surface area contributed by atoms with Crippen molar-refractivity contribution in [1.82, 2.24) is 4.98 Å². The van der Waals surface area contributed by atoms with Gasteiger partial charge in [0.2, 0.25) is 0 Å². The lowest BCUT2D eigenvalue weighted by atomic mass is 10.2. The Bertz CT molecular complexity index is 355. The Labute approximate surface area is 93.2 Å². The van der Waals surface area contributed by atoms with Crippen LogP contribution >= 0.6 is 11.6 Å². The Balaban J connectivity index is 2.71. The molecule has 0 aromatic carbocycles. The van der Waals surface area contributed by atoms with E-state index in [4.69, 9.17) is 21.1 Å². The predicted molar refractivity (Wildman–Crippen MR) is 56.1 cm³/mol. The molecule has 0 aliphatic rings. The molecule has 0 bridgehead atoms. The number of aromatic nitrogens is 1. The van der Waals surface area contributed by atoms with Crippen LogP contribution in [0.2, 0.25) is 5.02 Å². The van der Waals surface area contributed by atoms with Gasteiger partial charge in [-0.2, -0.15) is 0 Å². The first-order valence-electron chi connectivity index (χ1n) is 4.51. The van der Waals surface area contributed by atoms with Gasteiger partial charge in [-0.15, -0.1) is 0 Å². The van der Waals surface area contributed by atoms with Crippen molar-refractivity contribution in [2.45, 2.75) is 13.3 Å². The van der Waals surface area contributed by atoms with E-state index in [1.165, 1.54) is 13.3 Å². The van der Waals surface area contributed by atoms with E-state index in [-0.39, 0.29) is 12.4 Å². The van der Waals surface area contributed by atoms with E-state index in [2.05, 4.69) is 4.98 Å². The summed E-state index contributed by atoms with van der Waals surface area (Å²) >= 11 is 5.87. The third-order valence-corrected chi connectivity index (χ3v) is 2.02. The number of nitrogens with zero attached hydrogens (tertiary/aromatic N) is 1. The molecule has 0 saturated heterocycles. The van der Waals surface area contributed by atoms with Gasteiger partial charge in [-0.3, -0.25) is 9.78 Å². The van der Waals surface area contributed by atoms with Crippen molar-refractivity contribution in [3.8, 4) is 5.75 Å². The summed E-state index contributed by atoms with van der Waals surface area (Å²) in [7, 11) is 1.51. The summed E-state index contributed by atoms with van der Waals surface area (Å²) in [6, 6.07) is 1.59. The lowest BCUT2D eigenvalue weighted by molar-refractivity contribution is -0.142. The van der Waals surface area contributed by atoms with E-state index < -0.39 is 0 Å². The van der Waals surface area contributed by atoms with Gasteiger partial charge in [-0.25, -0.2) is 0 Å². The predicted octanol–water partition coefficient (Wildman–Crippen LogP) is 1.85. The molecule has 0 spiro atoms. The maximum Gasteiger partial charge on any atom is 0.311 e. The molecule has 0 unspecified atom stereocenters. The van der Waals surface area contributed by atoms with Crippen LogP contribution in [-0.4, -0.2) is 24.7 Å². The molecule has 5 heteroatoms. The number of rotatable bonds is 4. The van der Waals surface area contributed by atoms with Crippen LogP contribution in [0.5, 0.6) is 5.75 Å². The number of pyridine rings is 1. The van der Waals surface area contributed by atoms with Crippen molar-refractivity contribution in [2.75, 3.05) is 13.7 Å². The zero-order valence-electron chi connectivity index (χ0n) is 8.62. The molecule has 15 heavy (non-hydrogen) atoms. The Hall–Kier alpha value is -1.29. The first kappa shape index (κ1) is 11.8. The van der Waals surface area contributed by atoms with Gasteiger partial charge in [0.1, 0.15) is 0 Å². The van der Waals surface area contributed by atoms with Crippen LogP contribution in [0.25, 0.3) is 0 Å². The van der Waals surface area contributed by atoms with E-state index in [0.717, 1.165) is 0 Å². The summed E-state index contributed by atoms with van der Waals surface area (Å²) in [5, 5.41) is 0.437. The fraction of sp³-hybridized carbons (Fsp3) is 0.400. The van der Waals surface area contributed by atoms with Gasteiger partial charge in [-0.1, -0.05) is 11.6 Å². The molecule has 1 aromatic heterocycles. The van der Waals surface area contributed by atoms with Crippen LogP contribution < -0.4 is 4.74 Å². The van der Waals surface area contributed by atoms with Gasteiger partial charge in [-0.05, 0) is 13.0 Å². The molecule has 0 saturated carbocycles. The van der Waals surface area contributed by atoms with Crippen LogP contribution in [0.3, 0.4) is 0 Å². The molecule has 4 nitrogen and oxygen atoms in total. The van der Waals surface area contributed by atoms with E-state index in [0.29, 0.717) is 23.1 Å². The fourth-order valence-corrected chi connectivity index (χ4v) is 1.32. The summed E-state index contributed by atoms with van der Waals surface area (Å²) in [6.07, 6.45) is 1.61. The molecule has 0 atom stereocenters. The highest BCUT2D eigenvalue weighted by molar-refractivity contribution is 6.32. The van der Waals surface area contributed by atoms with Crippen molar-refractivity contribution in [3.63, 3.8) is 0 Å². The lowest BCUT2D eigenvalue weighted by Crippen LogP contribution is -2.08. The van der Waals surface area contributed by atoms with E-state index >= 15 is 0 Å². The average molecular weight is 230 g/mol. The van der Waals surface area contributed by atoms with Gasteiger partial charge in [0, 0.05) is 0 Å². The largest absolute Gasteiger partial charge is 0.494 e. The van der Waals surface area contributed by atoms with E-state index in [1.807, 2.05) is 0 Å². The monoisotopic (exact) mass is 229 g/mol. The van der Waals surface area contributed by atoms with Gasteiger partial charge in [0.05, 0.1) is 37.1 Å². The Morgan fingerprint density at radius 1 is 1.60 bits per heavy atom. The Morgan fingerprint density at radius 2 is 2.33 bits per heavy atom. The number of ether oxygens (including phenoxy) is 2. The number of esters is 1. The lowest BCUT2D eigenvalue weighted by Gasteiger charge is -2.04. The van der Waals surface area contributed by atoms with Crippen LogP contribution in [0, 0.1) is 0 Å². The SMILES string of the molecule is CCOC(=O)Cc1cc(Cl)c(OC)cn1. The molecule has 1 heterocycles. The van der Waals surface area contributed by atoms with Crippen LogP contribution in [-0.2, 0) is 16.0 Å². The smallest absolute Gasteiger partial charge is 0.311 e. The van der Waals surface area contributed by atoms with Gasteiger partial charge >= 0.3 is 5.97 Å². The van der Waals surface area contributed by atoms with Crippen molar-refractivity contribution in [3.05, 3.63) is 23.0 Å². The highest BCUT2D eigenvalue weighted by Crippen LogP contribution is 2.23. The summed E-state index contributed by atoms with van der Waals surface area (Å²) in [5.41, 5.74) is 0.569. The number of halogens is 1. The number of carbonyl (C=O) groups excluding carboxylic acids is 1. The fourth-order valence-electron chi connectivity index (χ4n) is 1.06. The first-order valence-corrected chi connectivity index (χ1v) is 4.89. The number of hydrogen-bond donors (Lipinski definition) is 0. The van der Waals surface area contributed by atoms with Gasteiger partial charge < -0.3 is 9.47 Å². The van der Waals surface area contributed by atoms with E-state index in [9.17, 15) is 4.79 Å². The summed E-state index contributed by atoms with van der Waals surface area (Å²) in [6.45, 7) is 2.12. The summed E-state index contributed by atoms with van der Waals surface area (Å²) in [5.74, 6) is 0.176. The standard InChI is InChI=1S/C10H12ClNO3/c1-3-15-10(13)5-7-4-8(11)9(14-2)6-12-7/h4,6H,3,5H2,1-2H3. The second-order valence-corrected chi connectivity index (χ2v) is 3.20. The van der Waals surface area contributed by atoms with Crippen molar-refractivity contribution in [2.24, 2.45) is 0 Å². The second-order valence-electron chi connectivity index (χ2n) is 2.79. The quantitative estimate of drug-likeness (QED) is 0.740. The van der Waals surface area contributed by atoms with Gasteiger partial charge in [0.15, 0.2) is 5.75 Å². The molecule has 0 radical (unpaired) electrons. The Morgan fingerprint density at radius 3 is 2.87 bits per heavy atom. The third kappa shape index (κ3) is 3.40. The molecule has 82 valence electrons. The second kappa shape index (κ2) is 5.56. The van der Waals surface area contributed by atoms with Crippen LogP contribution in [0.15, 0.2) is 12.3 Å². The minimum Gasteiger partial charge on any atom is -0.494 e. The molecule has 1 rings (SSSR count). The molecule has 0 amide bonds. The van der Waals surface area contributed by atoms with Crippen LogP contribution in [0.1, 0.15) is 12.6 Å². The maximum absolute atomic E-state index is 11.1. The molecule has 1 aromatic rings. The first-order chi connectivity index (χ1) is 7.17. The van der Waals surface area contributed by atoms with Gasteiger partial charge in [0.25, 0.3) is 0 Å². The maximum atomic E-state index is 11.1. The van der Waals surface area contributed by atoms with Crippen molar-refractivity contribution in [1.29, 1.82) is 0 Å². The number of carbonyl (C=O) groups is 1. The summed E-state index contributed by atoms with van der Waals surface area (Å²) < 4.78 is 9.73. The number of methoxy groups -OCH3 is 1. The minimum atomic E-state index is -0.314. The highest BCUT2D eigenvalue weighted by atomic mass is 35.5. The van der Waals surface area contributed by atoms with Crippen molar-refractivity contribution < 1.29 is 14.3 Å². The molecular weight excluding hydrogens is 218 g/mol. The van der Waals surface area contributed by atoms with E-state index in [1.54, 1.807) is 13.0 Å². The van der Waals surface area contributed by atoms with Crippen LogP contribution in [0.4, 0.5) is 0 Å². The Kier molecular flexibility index (Phi) is 4.37. The minimum absolute atomic E-state index is 0.123. The average Bonchev–Trinajstić information content (AvgIpc) is 2.18. The zero-order valence-corrected chi connectivity index (χ0v) is 9.37. The molecule has 0 N–H and O–H groups in total. The number of hydrogen-bond acceptors (Lipinski definition) is 4. The molecular formula is C10H12ClNO3.